The molecule has 2 aromatic heterocycles. The number of anilines is 2. The smallest absolute Gasteiger partial charge is 0.265 e. The fourth-order valence-corrected chi connectivity index (χ4v) is 2.77. The molecule has 20 heavy (non-hydrogen) atoms. The third-order valence-electron chi connectivity index (χ3n) is 2.54. The van der Waals surface area contributed by atoms with E-state index in [1.165, 1.54) is 25.7 Å². The molecule has 2 heterocycles. The quantitative estimate of drug-likeness (QED) is 0.864. The van der Waals surface area contributed by atoms with Gasteiger partial charge >= 0.3 is 0 Å². The van der Waals surface area contributed by atoms with Gasteiger partial charge in [-0.25, -0.2) is 13.4 Å². The number of pyridine rings is 2. The van der Waals surface area contributed by atoms with Gasteiger partial charge in [0.05, 0.1) is 24.7 Å². The molecule has 0 spiro atoms. The van der Waals surface area contributed by atoms with Crippen molar-refractivity contribution in [3.63, 3.8) is 0 Å². The average molecular weight is 294 g/mol. The van der Waals surface area contributed by atoms with Crippen molar-refractivity contribution in [2.45, 2.75) is 4.90 Å². The molecule has 0 atom stereocenters. The van der Waals surface area contributed by atoms with E-state index in [1.807, 2.05) is 0 Å². The summed E-state index contributed by atoms with van der Waals surface area (Å²) in [6, 6.07) is 4.72. The zero-order chi connectivity index (χ0) is 14.6. The molecule has 0 radical (unpaired) electrons. The third-order valence-corrected chi connectivity index (χ3v) is 3.95. The summed E-state index contributed by atoms with van der Waals surface area (Å²) in [6.45, 7) is 0. The molecular weight excluding hydrogens is 280 g/mol. The van der Waals surface area contributed by atoms with Gasteiger partial charge in [0.25, 0.3) is 10.0 Å². The maximum absolute atomic E-state index is 12.3. The van der Waals surface area contributed by atoms with Gasteiger partial charge < -0.3 is 10.1 Å². The minimum absolute atomic E-state index is 0.0679. The van der Waals surface area contributed by atoms with Gasteiger partial charge in [0.2, 0.25) is 5.88 Å². The lowest BCUT2D eigenvalue weighted by Crippen LogP contribution is -2.15. The van der Waals surface area contributed by atoms with Crippen LogP contribution in [0.4, 0.5) is 11.4 Å². The summed E-state index contributed by atoms with van der Waals surface area (Å²) in [4.78, 5) is 7.84. The molecule has 0 aliphatic carbocycles. The predicted octanol–water partition coefficient (Wildman–Crippen LogP) is 1.33. The van der Waals surface area contributed by atoms with E-state index in [4.69, 9.17) is 4.74 Å². The van der Waals surface area contributed by atoms with E-state index in [-0.39, 0.29) is 4.90 Å². The Kier molecular flexibility index (Phi) is 4.04. The Balaban J connectivity index is 2.30. The average Bonchev–Trinajstić information content (AvgIpc) is 2.47. The monoisotopic (exact) mass is 294 g/mol. The Morgan fingerprint density at radius 3 is 2.60 bits per heavy atom. The molecule has 0 amide bonds. The van der Waals surface area contributed by atoms with E-state index < -0.39 is 10.0 Å². The lowest BCUT2D eigenvalue weighted by molar-refractivity contribution is 0.398. The number of nitrogens with one attached hydrogen (secondary N) is 2. The first-order valence-electron chi connectivity index (χ1n) is 5.71. The van der Waals surface area contributed by atoms with Gasteiger partial charge in [0.15, 0.2) is 0 Å². The normalized spacial score (nSPS) is 10.9. The molecule has 0 fully saturated rings. The first-order valence-corrected chi connectivity index (χ1v) is 7.20. The summed E-state index contributed by atoms with van der Waals surface area (Å²) in [5, 5.41) is 2.81. The summed E-state index contributed by atoms with van der Waals surface area (Å²) < 4.78 is 31.9. The Morgan fingerprint density at radius 1 is 1.20 bits per heavy atom. The molecular formula is C12H14N4O3S. The molecule has 0 unspecified atom stereocenters. The number of nitrogens with zero attached hydrogens (tertiary/aromatic N) is 2. The molecule has 0 aromatic carbocycles. The number of hydrogen-bond donors (Lipinski definition) is 2. The Labute approximate surface area is 117 Å². The van der Waals surface area contributed by atoms with Crippen molar-refractivity contribution >= 4 is 21.4 Å². The number of rotatable bonds is 5. The maximum atomic E-state index is 12.3. The van der Waals surface area contributed by atoms with Crippen LogP contribution in [0.2, 0.25) is 0 Å². The fraction of sp³-hybridized carbons (Fsp3) is 0.167. The van der Waals surface area contributed by atoms with Crippen LogP contribution in [-0.2, 0) is 10.0 Å². The number of aromatic nitrogens is 2. The van der Waals surface area contributed by atoms with E-state index in [1.54, 1.807) is 25.2 Å². The highest BCUT2D eigenvalue weighted by Gasteiger charge is 2.18. The fourth-order valence-electron chi connectivity index (χ4n) is 1.57. The van der Waals surface area contributed by atoms with Gasteiger partial charge in [0, 0.05) is 25.5 Å². The van der Waals surface area contributed by atoms with E-state index in [2.05, 4.69) is 20.0 Å². The minimum Gasteiger partial charge on any atom is -0.481 e. The van der Waals surface area contributed by atoms with Crippen LogP contribution in [0, 0.1) is 0 Å². The Morgan fingerprint density at radius 2 is 2.00 bits per heavy atom. The second-order valence-corrected chi connectivity index (χ2v) is 5.47. The van der Waals surface area contributed by atoms with E-state index in [0.717, 1.165) is 0 Å². The van der Waals surface area contributed by atoms with Crippen molar-refractivity contribution in [2.75, 3.05) is 24.2 Å². The van der Waals surface area contributed by atoms with Gasteiger partial charge in [-0.15, -0.1) is 0 Å². The van der Waals surface area contributed by atoms with Gasteiger partial charge in [-0.3, -0.25) is 9.71 Å². The summed E-state index contributed by atoms with van der Waals surface area (Å²) in [5.41, 5.74) is 0.811. The van der Waals surface area contributed by atoms with Crippen LogP contribution in [0.15, 0.2) is 41.7 Å². The molecule has 2 aromatic rings. The lowest BCUT2D eigenvalue weighted by Gasteiger charge is -2.11. The Bertz CT molecular complexity index is 686. The van der Waals surface area contributed by atoms with E-state index in [0.29, 0.717) is 17.3 Å². The molecule has 8 heteroatoms. The summed E-state index contributed by atoms with van der Waals surface area (Å²) >= 11 is 0. The van der Waals surface area contributed by atoms with E-state index in [9.17, 15) is 8.42 Å². The third kappa shape index (κ3) is 2.97. The van der Waals surface area contributed by atoms with Crippen molar-refractivity contribution in [2.24, 2.45) is 0 Å². The highest BCUT2D eigenvalue weighted by Crippen LogP contribution is 2.22. The van der Waals surface area contributed by atoms with Crippen LogP contribution < -0.4 is 14.8 Å². The Hall–Kier alpha value is -2.35. The molecule has 0 aliphatic heterocycles. The van der Waals surface area contributed by atoms with Crippen molar-refractivity contribution in [1.29, 1.82) is 0 Å². The molecule has 0 saturated carbocycles. The van der Waals surface area contributed by atoms with Crippen molar-refractivity contribution in [3.05, 3.63) is 36.8 Å². The van der Waals surface area contributed by atoms with Crippen molar-refractivity contribution in [1.82, 2.24) is 9.97 Å². The van der Waals surface area contributed by atoms with Crippen molar-refractivity contribution < 1.29 is 13.2 Å². The first-order chi connectivity index (χ1) is 9.56. The molecule has 0 bridgehead atoms. The number of hydrogen-bond acceptors (Lipinski definition) is 6. The summed E-state index contributed by atoms with van der Waals surface area (Å²) in [5.74, 6) is 0.408. The highest BCUT2D eigenvalue weighted by atomic mass is 32.2. The lowest BCUT2D eigenvalue weighted by atomic mass is 10.4. The van der Waals surface area contributed by atoms with E-state index >= 15 is 0 Å². The first kappa shape index (κ1) is 14.1. The van der Waals surface area contributed by atoms with Crippen LogP contribution >= 0.6 is 0 Å². The van der Waals surface area contributed by atoms with Crippen LogP contribution in [0.3, 0.4) is 0 Å². The van der Waals surface area contributed by atoms with Crippen LogP contribution in [0.25, 0.3) is 0 Å². The second-order valence-electron chi connectivity index (χ2n) is 3.82. The number of sulfonamides is 1. The van der Waals surface area contributed by atoms with Crippen molar-refractivity contribution in [3.8, 4) is 5.88 Å². The van der Waals surface area contributed by atoms with Gasteiger partial charge in [-0.05, 0) is 12.1 Å². The summed E-state index contributed by atoms with van der Waals surface area (Å²) in [6.07, 6.45) is 4.18. The van der Waals surface area contributed by atoms with Gasteiger partial charge in [-0.2, -0.15) is 0 Å². The number of ether oxygens (including phenoxy) is 1. The second kappa shape index (κ2) is 5.74. The SMILES string of the molecule is CNc1ccncc1S(=O)(=O)Nc1ccc(OC)nc1. The zero-order valence-electron chi connectivity index (χ0n) is 11.0. The maximum Gasteiger partial charge on any atom is 0.265 e. The molecule has 7 nitrogen and oxygen atoms in total. The van der Waals surface area contributed by atoms with Crippen LogP contribution in [-0.4, -0.2) is 32.5 Å². The zero-order valence-corrected chi connectivity index (χ0v) is 11.8. The predicted molar refractivity (Wildman–Crippen MR) is 75.4 cm³/mol. The molecule has 2 rings (SSSR count). The van der Waals surface area contributed by atoms with Crippen LogP contribution in [0.1, 0.15) is 0 Å². The van der Waals surface area contributed by atoms with Gasteiger partial charge in [0.1, 0.15) is 4.90 Å². The highest BCUT2D eigenvalue weighted by molar-refractivity contribution is 7.92. The topological polar surface area (TPSA) is 93.2 Å². The molecule has 106 valence electrons. The molecule has 0 saturated heterocycles. The standard InChI is InChI=1S/C12H14N4O3S/c1-13-10-5-6-14-8-11(10)20(17,18)16-9-3-4-12(19-2)15-7-9/h3-8,16H,1-2H3,(H,13,14). The number of methoxy groups -OCH3 is 1. The molecule has 0 aliphatic rings. The summed E-state index contributed by atoms with van der Waals surface area (Å²) in [7, 11) is -0.602. The molecule has 2 N–H and O–H groups in total. The largest absolute Gasteiger partial charge is 0.481 e. The van der Waals surface area contributed by atoms with Gasteiger partial charge in [-0.1, -0.05) is 0 Å². The minimum atomic E-state index is -3.73. The van der Waals surface area contributed by atoms with Crippen LogP contribution in [0.5, 0.6) is 5.88 Å².